The van der Waals surface area contributed by atoms with Crippen LogP contribution < -0.4 is 4.74 Å². The highest BCUT2D eigenvalue weighted by molar-refractivity contribution is 7.90. The Balaban J connectivity index is 1.90. The first-order valence-corrected chi connectivity index (χ1v) is 10.3. The predicted octanol–water partition coefficient (Wildman–Crippen LogP) is 4.68. The predicted molar refractivity (Wildman–Crippen MR) is 108 cm³/mol. The van der Waals surface area contributed by atoms with Crippen molar-refractivity contribution in [3.63, 3.8) is 0 Å². The fourth-order valence-corrected chi connectivity index (χ4v) is 4.55. The maximum absolute atomic E-state index is 13.0. The SMILES string of the molecule is COc1ccc2c(c1)nc(CS(=O)(=O)c1ccc(C)cc1)c1ccccc12. The molecular formula is C22H19NO3S. The number of aryl methyl sites for hydroxylation is 1. The van der Waals surface area contributed by atoms with Gasteiger partial charge in [-0.2, -0.15) is 0 Å². The lowest BCUT2D eigenvalue weighted by Crippen LogP contribution is -2.07. The molecule has 0 aliphatic heterocycles. The molecule has 0 unspecified atom stereocenters. The summed E-state index contributed by atoms with van der Waals surface area (Å²) >= 11 is 0. The van der Waals surface area contributed by atoms with Gasteiger partial charge in [0.15, 0.2) is 9.84 Å². The standard InChI is InChI=1S/C22H19NO3S/c1-15-7-10-17(11-8-15)27(24,25)14-22-19-6-4-3-5-18(19)20-12-9-16(26-2)13-21(20)23-22/h3-13H,14H2,1-2H3. The summed E-state index contributed by atoms with van der Waals surface area (Å²) in [6.07, 6.45) is 0. The summed E-state index contributed by atoms with van der Waals surface area (Å²) in [6.45, 7) is 1.93. The Labute approximate surface area is 158 Å². The number of rotatable bonds is 4. The fourth-order valence-electron chi connectivity index (χ4n) is 3.25. The van der Waals surface area contributed by atoms with Crippen LogP contribution in [0.4, 0.5) is 0 Å². The van der Waals surface area contributed by atoms with Gasteiger partial charge in [0.05, 0.1) is 29.0 Å². The van der Waals surface area contributed by atoms with Crippen LogP contribution in [0, 0.1) is 6.92 Å². The van der Waals surface area contributed by atoms with Crippen molar-refractivity contribution in [3.05, 3.63) is 78.0 Å². The summed E-state index contributed by atoms with van der Waals surface area (Å²) in [7, 11) is -1.90. The van der Waals surface area contributed by atoms with Gasteiger partial charge in [-0.3, -0.25) is 4.98 Å². The first kappa shape index (κ1) is 17.5. The number of pyridine rings is 1. The molecule has 4 aromatic rings. The van der Waals surface area contributed by atoms with Crippen LogP contribution in [-0.2, 0) is 15.6 Å². The first-order chi connectivity index (χ1) is 13.0. The van der Waals surface area contributed by atoms with Crippen molar-refractivity contribution in [1.82, 2.24) is 4.98 Å². The highest BCUT2D eigenvalue weighted by Gasteiger charge is 2.19. The molecule has 0 atom stereocenters. The molecule has 0 saturated heterocycles. The van der Waals surface area contributed by atoms with E-state index >= 15 is 0 Å². The van der Waals surface area contributed by atoms with Crippen LogP contribution in [0.2, 0.25) is 0 Å². The van der Waals surface area contributed by atoms with Gasteiger partial charge in [-0.1, -0.05) is 42.0 Å². The van der Waals surface area contributed by atoms with E-state index in [0.29, 0.717) is 16.3 Å². The summed E-state index contributed by atoms with van der Waals surface area (Å²) in [4.78, 5) is 4.99. The van der Waals surface area contributed by atoms with Gasteiger partial charge in [-0.25, -0.2) is 8.42 Å². The molecule has 5 heteroatoms. The second kappa shape index (κ2) is 6.67. The highest BCUT2D eigenvalue weighted by atomic mass is 32.2. The number of methoxy groups -OCH3 is 1. The Hall–Kier alpha value is -2.92. The summed E-state index contributed by atoms with van der Waals surface area (Å²) < 4.78 is 31.2. The molecule has 0 bridgehead atoms. The molecule has 4 rings (SSSR count). The lowest BCUT2D eigenvalue weighted by molar-refractivity contribution is 0.415. The molecule has 3 aromatic carbocycles. The second-order valence-corrected chi connectivity index (χ2v) is 8.55. The summed E-state index contributed by atoms with van der Waals surface area (Å²) in [5.41, 5.74) is 2.30. The molecule has 0 saturated carbocycles. The number of nitrogens with zero attached hydrogens (tertiary/aromatic N) is 1. The molecular weight excluding hydrogens is 358 g/mol. The van der Waals surface area contributed by atoms with E-state index in [1.807, 2.05) is 61.5 Å². The number of benzene rings is 3. The lowest BCUT2D eigenvalue weighted by atomic mass is 10.0. The molecule has 27 heavy (non-hydrogen) atoms. The van der Waals surface area contributed by atoms with Crippen LogP contribution >= 0.6 is 0 Å². The molecule has 0 N–H and O–H groups in total. The van der Waals surface area contributed by atoms with Gasteiger partial charge in [-0.05, 0) is 36.6 Å². The number of fused-ring (bicyclic) bond motifs is 3. The Bertz CT molecular complexity index is 1250. The summed E-state index contributed by atoms with van der Waals surface area (Å²) in [6, 6.07) is 20.4. The third-order valence-corrected chi connectivity index (χ3v) is 6.34. The van der Waals surface area contributed by atoms with Crippen molar-refractivity contribution in [2.75, 3.05) is 7.11 Å². The minimum absolute atomic E-state index is 0.149. The number of hydrogen-bond acceptors (Lipinski definition) is 4. The van der Waals surface area contributed by atoms with Gasteiger partial charge in [0.25, 0.3) is 0 Å². The van der Waals surface area contributed by atoms with Crippen molar-refractivity contribution in [2.24, 2.45) is 0 Å². The minimum atomic E-state index is -3.50. The van der Waals surface area contributed by atoms with Crippen LogP contribution in [0.3, 0.4) is 0 Å². The topological polar surface area (TPSA) is 56.3 Å². The third-order valence-electron chi connectivity index (χ3n) is 4.70. The zero-order valence-corrected chi connectivity index (χ0v) is 16.0. The van der Waals surface area contributed by atoms with Crippen molar-refractivity contribution >= 4 is 31.5 Å². The van der Waals surface area contributed by atoms with E-state index in [9.17, 15) is 8.42 Å². The molecule has 0 spiro atoms. The Kier molecular flexibility index (Phi) is 4.32. The normalized spacial score (nSPS) is 11.8. The van der Waals surface area contributed by atoms with E-state index in [4.69, 9.17) is 4.74 Å². The van der Waals surface area contributed by atoms with Gasteiger partial charge in [0.1, 0.15) is 5.75 Å². The molecule has 4 nitrogen and oxygen atoms in total. The average Bonchev–Trinajstić information content (AvgIpc) is 2.67. The third kappa shape index (κ3) is 3.26. The Morgan fingerprint density at radius 1 is 0.889 bits per heavy atom. The van der Waals surface area contributed by atoms with Crippen LogP contribution in [0.1, 0.15) is 11.3 Å². The Morgan fingerprint density at radius 2 is 1.59 bits per heavy atom. The molecule has 0 radical (unpaired) electrons. The summed E-state index contributed by atoms with van der Waals surface area (Å²) in [5, 5.41) is 2.81. The van der Waals surface area contributed by atoms with Gasteiger partial charge >= 0.3 is 0 Å². The molecule has 1 heterocycles. The van der Waals surface area contributed by atoms with E-state index in [-0.39, 0.29) is 5.75 Å². The monoisotopic (exact) mass is 377 g/mol. The largest absolute Gasteiger partial charge is 0.497 e. The number of ether oxygens (including phenoxy) is 1. The van der Waals surface area contributed by atoms with E-state index in [1.54, 1.807) is 19.2 Å². The van der Waals surface area contributed by atoms with Gasteiger partial charge in [0.2, 0.25) is 0 Å². The summed E-state index contributed by atoms with van der Waals surface area (Å²) in [5.74, 6) is 0.543. The Morgan fingerprint density at radius 3 is 2.30 bits per heavy atom. The average molecular weight is 377 g/mol. The zero-order valence-electron chi connectivity index (χ0n) is 15.1. The van der Waals surface area contributed by atoms with Crippen molar-refractivity contribution < 1.29 is 13.2 Å². The maximum Gasteiger partial charge on any atom is 0.184 e. The van der Waals surface area contributed by atoms with Crippen LogP contribution in [0.25, 0.3) is 21.7 Å². The smallest absolute Gasteiger partial charge is 0.184 e. The fraction of sp³-hybridized carbons (Fsp3) is 0.136. The molecule has 0 aliphatic carbocycles. The molecule has 136 valence electrons. The van der Waals surface area contributed by atoms with Crippen LogP contribution in [0.15, 0.2) is 71.6 Å². The van der Waals surface area contributed by atoms with E-state index in [0.717, 1.165) is 27.2 Å². The number of sulfone groups is 1. The zero-order chi connectivity index (χ0) is 19.0. The van der Waals surface area contributed by atoms with Crippen LogP contribution in [0.5, 0.6) is 5.75 Å². The van der Waals surface area contributed by atoms with Crippen molar-refractivity contribution in [2.45, 2.75) is 17.6 Å². The van der Waals surface area contributed by atoms with Gasteiger partial charge < -0.3 is 4.74 Å². The number of aromatic nitrogens is 1. The molecule has 0 fully saturated rings. The maximum atomic E-state index is 13.0. The molecule has 1 aromatic heterocycles. The van der Waals surface area contributed by atoms with E-state index in [2.05, 4.69) is 4.98 Å². The van der Waals surface area contributed by atoms with E-state index < -0.39 is 9.84 Å². The van der Waals surface area contributed by atoms with Crippen molar-refractivity contribution in [3.8, 4) is 5.75 Å². The quantitative estimate of drug-likeness (QED) is 0.485. The van der Waals surface area contributed by atoms with Gasteiger partial charge in [-0.15, -0.1) is 0 Å². The highest BCUT2D eigenvalue weighted by Crippen LogP contribution is 2.30. The van der Waals surface area contributed by atoms with Crippen molar-refractivity contribution in [1.29, 1.82) is 0 Å². The number of hydrogen-bond donors (Lipinski definition) is 0. The first-order valence-electron chi connectivity index (χ1n) is 8.63. The molecule has 0 amide bonds. The second-order valence-electron chi connectivity index (χ2n) is 6.56. The van der Waals surface area contributed by atoms with Gasteiger partial charge in [0, 0.05) is 16.8 Å². The lowest BCUT2D eigenvalue weighted by Gasteiger charge is -2.11. The minimum Gasteiger partial charge on any atom is -0.497 e. The van der Waals surface area contributed by atoms with Crippen LogP contribution in [-0.4, -0.2) is 20.5 Å². The van der Waals surface area contributed by atoms with E-state index in [1.165, 1.54) is 0 Å². The molecule has 0 aliphatic rings.